The average molecular weight is 417 g/mol. The van der Waals surface area contributed by atoms with Crippen LogP contribution in [-0.2, 0) is 19.0 Å². The third-order valence-electron chi connectivity index (χ3n) is 4.57. The summed E-state index contributed by atoms with van der Waals surface area (Å²) in [4.78, 5) is 3.95. The van der Waals surface area contributed by atoms with Gasteiger partial charge >= 0.3 is 6.18 Å². The van der Waals surface area contributed by atoms with Crippen LogP contribution in [0.1, 0.15) is 16.8 Å². The highest BCUT2D eigenvalue weighted by atomic mass is 19.4. The van der Waals surface area contributed by atoms with Crippen LogP contribution in [0, 0.1) is 5.82 Å². The van der Waals surface area contributed by atoms with Crippen LogP contribution in [0.25, 0.3) is 17.1 Å². The van der Waals surface area contributed by atoms with Crippen molar-refractivity contribution in [3.63, 3.8) is 0 Å². The van der Waals surface area contributed by atoms with Crippen molar-refractivity contribution in [2.45, 2.75) is 19.0 Å². The van der Waals surface area contributed by atoms with Crippen molar-refractivity contribution in [3.05, 3.63) is 77.5 Å². The van der Waals surface area contributed by atoms with Crippen LogP contribution in [-0.4, -0.2) is 30.1 Å². The molecule has 0 saturated carbocycles. The standard InChI is InChI=1S/C20H15F4N5O/c21-14-4-2-13(3-5-14)18-15(6-1-12-7-9-25-10-8-12)19(30)29(28-18)17-11-16(26-27-17)20(22,23)24/h2-5,7-11,30H,1,6H2,(H,26,27). The maximum Gasteiger partial charge on any atom is 0.435 e. The smallest absolute Gasteiger partial charge is 0.435 e. The van der Waals surface area contributed by atoms with Gasteiger partial charge in [0.15, 0.2) is 11.5 Å². The Labute approximate surface area is 167 Å². The molecule has 1 aromatic carbocycles. The minimum atomic E-state index is -4.64. The molecule has 0 saturated heterocycles. The summed E-state index contributed by atoms with van der Waals surface area (Å²) in [5.74, 6) is -0.900. The molecule has 0 spiro atoms. The number of hydrogen-bond acceptors (Lipinski definition) is 4. The normalized spacial score (nSPS) is 11.7. The number of aryl methyl sites for hydroxylation is 1. The van der Waals surface area contributed by atoms with E-state index < -0.39 is 17.7 Å². The van der Waals surface area contributed by atoms with Crippen molar-refractivity contribution < 1.29 is 22.7 Å². The van der Waals surface area contributed by atoms with Crippen molar-refractivity contribution in [2.75, 3.05) is 0 Å². The SMILES string of the molecule is Oc1c(CCc2ccncc2)c(-c2ccc(F)cc2)nn1-c1cc(C(F)(F)F)n[nH]1. The van der Waals surface area contributed by atoms with Gasteiger partial charge in [0, 0.05) is 29.6 Å². The Morgan fingerprint density at radius 2 is 1.70 bits per heavy atom. The Morgan fingerprint density at radius 3 is 2.33 bits per heavy atom. The highest BCUT2D eigenvalue weighted by Gasteiger charge is 2.34. The number of benzene rings is 1. The Kier molecular flexibility index (Phi) is 4.98. The molecule has 10 heteroatoms. The van der Waals surface area contributed by atoms with E-state index in [1.807, 2.05) is 12.1 Å². The molecule has 0 aliphatic heterocycles. The van der Waals surface area contributed by atoms with Crippen molar-refractivity contribution in [2.24, 2.45) is 0 Å². The number of hydrogen-bond donors (Lipinski definition) is 2. The van der Waals surface area contributed by atoms with Crippen molar-refractivity contribution in [1.29, 1.82) is 0 Å². The highest BCUT2D eigenvalue weighted by molar-refractivity contribution is 5.66. The Hall–Kier alpha value is -3.69. The van der Waals surface area contributed by atoms with Crippen LogP contribution in [0.4, 0.5) is 17.6 Å². The highest BCUT2D eigenvalue weighted by Crippen LogP contribution is 2.34. The van der Waals surface area contributed by atoms with E-state index in [1.54, 1.807) is 12.4 Å². The predicted molar refractivity (Wildman–Crippen MR) is 99.4 cm³/mol. The minimum absolute atomic E-state index is 0.140. The Bertz CT molecular complexity index is 1150. The van der Waals surface area contributed by atoms with Gasteiger partial charge in [0.05, 0.1) is 5.69 Å². The number of aromatic hydroxyl groups is 1. The second-order valence-electron chi connectivity index (χ2n) is 6.56. The first-order chi connectivity index (χ1) is 14.3. The van der Waals surface area contributed by atoms with Gasteiger partial charge < -0.3 is 5.11 Å². The maximum absolute atomic E-state index is 13.3. The minimum Gasteiger partial charge on any atom is -0.493 e. The molecule has 0 aliphatic carbocycles. The van der Waals surface area contributed by atoms with Gasteiger partial charge in [-0.15, -0.1) is 0 Å². The molecule has 154 valence electrons. The monoisotopic (exact) mass is 417 g/mol. The molecule has 3 aromatic heterocycles. The summed E-state index contributed by atoms with van der Waals surface area (Å²) in [7, 11) is 0. The van der Waals surface area contributed by atoms with Gasteiger partial charge in [0.25, 0.3) is 0 Å². The Balaban J connectivity index is 1.76. The first kappa shape index (κ1) is 19.6. The second-order valence-corrected chi connectivity index (χ2v) is 6.56. The van der Waals surface area contributed by atoms with Crippen molar-refractivity contribution in [3.8, 4) is 23.0 Å². The quantitative estimate of drug-likeness (QED) is 0.475. The number of pyridine rings is 1. The zero-order chi connectivity index (χ0) is 21.3. The van der Waals surface area contributed by atoms with Gasteiger partial charge in [-0.2, -0.15) is 28.1 Å². The first-order valence-electron chi connectivity index (χ1n) is 8.91. The number of nitrogens with one attached hydrogen (secondary N) is 1. The van der Waals surface area contributed by atoms with Crippen LogP contribution in [0.2, 0.25) is 0 Å². The van der Waals surface area contributed by atoms with Gasteiger partial charge in [-0.3, -0.25) is 10.1 Å². The van der Waals surface area contributed by atoms with Gasteiger partial charge in [-0.25, -0.2) is 4.39 Å². The van der Waals surface area contributed by atoms with Crippen LogP contribution < -0.4 is 0 Å². The number of alkyl halides is 3. The number of aromatic amines is 1. The average Bonchev–Trinajstić information content (AvgIpc) is 3.33. The van der Waals surface area contributed by atoms with E-state index in [-0.39, 0.29) is 11.7 Å². The van der Waals surface area contributed by atoms with Crippen molar-refractivity contribution in [1.82, 2.24) is 25.0 Å². The first-order valence-corrected chi connectivity index (χ1v) is 8.91. The van der Waals surface area contributed by atoms with Crippen LogP contribution in [0.5, 0.6) is 5.88 Å². The number of halogens is 4. The van der Waals surface area contributed by atoms with Crippen molar-refractivity contribution >= 4 is 0 Å². The summed E-state index contributed by atoms with van der Waals surface area (Å²) in [5.41, 5.74) is 1.11. The van der Waals surface area contributed by atoms with E-state index in [2.05, 4.69) is 20.3 Å². The van der Waals surface area contributed by atoms with E-state index >= 15 is 0 Å². The third kappa shape index (κ3) is 3.88. The summed E-state index contributed by atoms with van der Waals surface area (Å²) >= 11 is 0. The van der Waals surface area contributed by atoms with E-state index in [1.165, 1.54) is 24.3 Å². The molecule has 3 heterocycles. The van der Waals surface area contributed by atoms with Crippen LogP contribution in [0.3, 0.4) is 0 Å². The van der Waals surface area contributed by atoms with E-state index in [4.69, 9.17) is 0 Å². The number of rotatable bonds is 5. The maximum atomic E-state index is 13.3. The molecular formula is C20H15F4N5O. The molecule has 0 atom stereocenters. The van der Waals surface area contributed by atoms with Gasteiger partial charge in [0.1, 0.15) is 5.82 Å². The largest absolute Gasteiger partial charge is 0.493 e. The molecule has 0 amide bonds. The Morgan fingerprint density at radius 1 is 1.00 bits per heavy atom. The third-order valence-corrected chi connectivity index (χ3v) is 4.57. The summed E-state index contributed by atoms with van der Waals surface area (Å²) in [5, 5.41) is 20.5. The van der Waals surface area contributed by atoms with Gasteiger partial charge in [0.2, 0.25) is 5.88 Å². The molecule has 4 aromatic rings. The molecule has 0 radical (unpaired) electrons. The van der Waals surface area contributed by atoms with Crippen LogP contribution >= 0.6 is 0 Å². The molecule has 0 bridgehead atoms. The van der Waals surface area contributed by atoms with Gasteiger partial charge in [-0.05, 0) is 54.8 Å². The fraction of sp³-hybridized carbons (Fsp3) is 0.150. The van der Waals surface area contributed by atoms with Crippen LogP contribution in [0.15, 0.2) is 54.9 Å². The number of aromatic nitrogens is 5. The second kappa shape index (κ2) is 7.62. The molecule has 4 rings (SSSR count). The lowest BCUT2D eigenvalue weighted by Crippen LogP contribution is -2.04. The molecule has 6 nitrogen and oxygen atoms in total. The molecular weight excluding hydrogens is 402 g/mol. The zero-order valence-electron chi connectivity index (χ0n) is 15.4. The van der Waals surface area contributed by atoms with Gasteiger partial charge in [-0.1, -0.05) is 0 Å². The molecule has 30 heavy (non-hydrogen) atoms. The molecule has 2 N–H and O–H groups in total. The fourth-order valence-corrected chi connectivity index (χ4v) is 3.06. The lowest BCUT2D eigenvalue weighted by Gasteiger charge is -2.04. The molecule has 0 unspecified atom stereocenters. The topological polar surface area (TPSA) is 79.6 Å². The zero-order valence-corrected chi connectivity index (χ0v) is 15.4. The van der Waals surface area contributed by atoms with E-state index in [9.17, 15) is 22.7 Å². The summed E-state index contributed by atoms with van der Waals surface area (Å²) in [6, 6.07) is 9.88. The summed E-state index contributed by atoms with van der Waals surface area (Å²) in [6.07, 6.45) is -0.470. The number of nitrogens with zero attached hydrogens (tertiary/aromatic N) is 4. The fourth-order valence-electron chi connectivity index (χ4n) is 3.06. The van der Waals surface area contributed by atoms with E-state index in [0.717, 1.165) is 16.3 Å². The summed E-state index contributed by atoms with van der Waals surface area (Å²) in [6.45, 7) is 0. The molecule has 0 aliphatic rings. The summed E-state index contributed by atoms with van der Waals surface area (Å²) < 4.78 is 53.0. The number of H-pyrrole nitrogens is 1. The lowest BCUT2D eigenvalue weighted by atomic mass is 10.0. The van der Waals surface area contributed by atoms with E-state index in [0.29, 0.717) is 29.7 Å². The molecule has 0 fully saturated rings. The lowest BCUT2D eigenvalue weighted by molar-refractivity contribution is -0.141. The predicted octanol–water partition coefficient (Wildman–Crippen LogP) is 4.31.